The third-order valence-corrected chi connectivity index (χ3v) is 8.81. The molecule has 1 unspecified atom stereocenters. The van der Waals surface area contributed by atoms with Crippen molar-refractivity contribution in [1.29, 1.82) is 0 Å². The lowest BCUT2D eigenvalue weighted by Gasteiger charge is -2.60. The zero-order valence-corrected chi connectivity index (χ0v) is 20.6. The van der Waals surface area contributed by atoms with Gasteiger partial charge in [0, 0.05) is 22.3 Å². The molecule has 3 aliphatic carbocycles. The highest BCUT2D eigenvalue weighted by molar-refractivity contribution is 6.25. The number of aromatic hydroxyl groups is 1. The van der Waals surface area contributed by atoms with Gasteiger partial charge in [0.15, 0.2) is 17.2 Å². The van der Waals surface area contributed by atoms with Crippen LogP contribution in [0.25, 0.3) is 0 Å². The first kappa shape index (κ1) is 24.2. The fourth-order valence-electron chi connectivity index (χ4n) is 7.24. The number of carbonyl (C=O) groups is 3. The molecule has 0 aromatic heterocycles. The molecule has 0 amide bonds. The molecule has 0 bridgehead atoms. The van der Waals surface area contributed by atoms with Crippen molar-refractivity contribution in [1.82, 2.24) is 0 Å². The van der Waals surface area contributed by atoms with Gasteiger partial charge in [-0.3, -0.25) is 14.4 Å². The normalized spacial score (nSPS) is 35.3. The van der Waals surface area contributed by atoms with Gasteiger partial charge in [0.05, 0.1) is 5.56 Å². The predicted octanol–water partition coefficient (Wildman–Crippen LogP) is 4.22. The van der Waals surface area contributed by atoms with Crippen molar-refractivity contribution in [3.63, 3.8) is 0 Å². The van der Waals surface area contributed by atoms with Crippen LogP contribution in [0.4, 0.5) is 0 Å². The number of phenolic OH excluding ortho intramolecular Hbond substituents is 1. The molecule has 4 N–H and O–H groups in total. The minimum Gasteiger partial charge on any atom is -0.511 e. The summed E-state index contributed by atoms with van der Waals surface area (Å²) >= 11 is 0. The Labute approximate surface area is 198 Å². The van der Waals surface area contributed by atoms with Gasteiger partial charge in [-0.2, -0.15) is 0 Å². The van der Waals surface area contributed by atoms with Gasteiger partial charge in [0.2, 0.25) is 5.78 Å². The monoisotopic (exact) mass is 468 g/mol. The summed E-state index contributed by atoms with van der Waals surface area (Å²) in [4.78, 5) is 39.8. The minimum atomic E-state index is -2.59. The van der Waals surface area contributed by atoms with Gasteiger partial charge >= 0.3 is 0 Å². The molecule has 1 aromatic carbocycles. The van der Waals surface area contributed by atoms with Crippen molar-refractivity contribution in [3.8, 4) is 5.75 Å². The summed E-state index contributed by atoms with van der Waals surface area (Å²) in [6.07, 6.45) is 0.0845. The van der Waals surface area contributed by atoms with E-state index in [1.807, 2.05) is 34.6 Å². The Morgan fingerprint density at radius 2 is 1.71 bits per heavy atom. The summed E-state index contributed by atoms with van der Waals surface area (Å²) in [6, 6.07) is 3.14. The first-order valence-electron chi connectivity index (χ1n) is 11.6. The van der Waals surface area contributed by atoms with Gasteiger partial charge < -0.3 is 20.4 Å². The first-order chi connectivity index (χ1) is 15.6. The van der Waals surface area contributed by atoms with E-state index in [2.05, 4.69) is 0 Å². The highest BCUT2D eigenvalue weighted by Gasteiger charge is 2.71. The molecule has 0 saturated heterocycles. The quantitative estimate of drug-likeness (QED) is 0.478. The number of phenols is 1. The van der Waals surface area contributed by atoms with Gasteiger partial charge in [-0.25, -0.2) is 0 Å². The molecule has 4 rings (SSSR count). The number of hydrogen-bond donors (Lipinski definition) is 4. The van der Waals surface area contributed by atoms with Crippen LogP contribution in [0.2, 0.25) is 0 Å². The molecule has 34 heavy (non-hydrogen) atoms. The Kier molecular flexibility index (Phi) is 5.01. The standard InChI is InChI=1S/C27H32O7/c1-11(2)19-21(30)17(14(5)28)23(32)27(34)24(33)20-22(31)18-15(29)9-8-12(3)16(18)13(4)25(20,6)10-26(19,27)7/h8-9,11,13,19,29-30,33-34H,10H2,1-7H3/t13-,19?,25+,26-,27+/m1/s1. The Balaban J connectivity index is 2.14. The number of carbonyl (C=O) groups excluding carboxylic acids is 3. The Morgan fingerprint density at radius 3 is 2.24 bits per heavy atom. The molecule has 0 heterocycles. The van der Waals surface area contributed by atoms with E-state index in [4.69, 9.17) is 0 Å². The molecule has 182 valence electrons. The van der Waals surface area contributed by atoms with Crippen molar-refractivity contribution in [3.05, 3.63) is 51.5 Å². The topological polar surface area (TPSA) is 132 Å². The smallest absolute Gasteiger partial charge is 0.209 e. The molecule has 0 fully saturated rings. The maximum Gasteiger partial charge on any atom is 0.209 e. The third-order valence-electron chi connectivity index (χ3n) is 8.81. The van der Waals surface area contributed by atoms with Crippen LogP contribution >= 0.6 is 0 Å². The molecular formula is C27H32O7. The highest BCUT2D eigenvalue weighted by Crippen LogP contribution is 2.67. The van der Waals surface area contributed by atoms with Crippen molar-refractivity contribution in [2.75, 3.05) is 0 Å². The molecule has 0 spiro atoms. The lowest BCUT2D eigenvalue weighted by molar-refractivity contribution is -0.172. The molecule has 7 nitrogen and oxygen atoms in total. The van der Waals surface area contributed by atoms with Crippen LogP contribution < -0.4 is 0 Å². The van der Waals surface area contributed by atoms with E-state index in [1.165, 1.54) is 6.07 Å². The second-order valence-corrected chi connectivity index (χ2v) is 11.1. The van der Waals surface area contributed by atoms with Crippen LogP contribution in [0.5, 0.6) is 5.75 Å². The number of rotatable bonds is 2. The van der Waals surface area contributed by atoms with Crippen LogP contribution in [0, 0.1) is 29.6 Å². The van der Waals surface area contributed by atoms with Crippen molar-refractivity contribution < 1.29 is 34.8 Å². The number of aryl methyl sites for hydroxylation is 1. The number of benzene rings is 1. The number of hydrogen-bond acceptors (Lipinski definition) is 7. The van der Waals surface area contributed by atoms with Gasteiger partial charge in [-0.15, -0.1) is 0 Å². The summed E-state index contributed by atoms with van der Waals surface area (Å²) in [5, 5.41) is 45.3. The molecule has 0 aliphatic heterocycles. The Morgan fingerprint density at radius 1 is 1.12 bits per heavy atom. The van der Waals surface area contributed by atoms with E-state index in [0.29, 0.717) is 5.56 Å². The van der Waals surface area contributed by atoms with Crippen LogP contribution in [-0.4, -0.2) is 43.4 Å². The highest BCUT2D eigenvalue weighted by atomic mass is 16.3. The Bertz CT molecular complexity index is 1240. The SMILES string of the molecule is CC(=O)C1=C(O)C(C(C)C)[C@@]2(C)C[C@]3(C)C(=C(O)[C@@]2(O)C1=O)C(=O)c1c(O)ccc(C)c1[C@H]3C. The third kappa shape index (κ3) is 2.53. The van der Waals surface area contributed by atoms with E-state index in [-0.39, 0.29) is 40.9 Å². The number of Topliss-reactive ketones (excluding diaryl/α,β-unsaturated/α-hetero) is 3. The van der Waals surface area contributed by atoms with Crippen molar-refractivity contribution >= 4 is 17.3 Å². The number of fused-ring (bicyclic) bond motifs is 3. The van der Waals surface area contributed by atoms with Crippen molar-refractivity contribution in [2.24, 2.45) is 22.7 Å². The molecular weight excluding hydrogens is 436 g/mol. The second kappa shape index (κ2) is 7.04. The summed E-state index contributed by atoms with van der Waals surface area (Å²) in [6.45, 7) is 11.9. The van der Waals surface area contributed by atoms with Gasteiger partial charge in [0.1, 0.15) is 22.8 Å². The largest absolute Gasteiger partial charge is 0.511 e. The molecule has 1 aromatic rings. The first-order valence-corrected chi connectivity index (χ1v) is 11.6. The molecule has 5 atom stereocenters. The van der Waals surface area contributed by atoms with Gasteiger partial charge in [0.25, 0.3) is 0 Å². The van der Waals surface area contributed by atoms with Gasteiger partial charge in [-0.1, -0.05) is 40.7 Å². The number of ketones is 3. The number of aliphatic hydroxyl groups is 3. The average Bonchev–Trinajstić information content (AvgIpc) is 2.70. The lowest BCUT2D eigenvalue weighted by atomic mass is 9.43. The minimum absolute atomic E-state index is 0.0487. The van der Waals surface area contributed by atoms with Crippen LogP contribution in [0.1, 0.15) is 75.4 Å². The van der Waals surface area contributed by atoms with E-state index in [0.717, 1.165) is 12.5 Å². The fraction of sp³-hybridized carbons (Fsp3) is 0.519. The van der Waals surface area contributed by atoms with Crippen LogP contribution in [0.15, 0.2) is 34.8 Å². The van der Waals surface area contributed by atoms with Crippen LogP contribution in [-0.2, 0) is 9.59 Å². The van der Waals surface area contributed by atoms with Crippen molar-refractivity contribution in [2.45, 2.75) is 66.4 Å². The molecule has 0 saturated carbocycles. The summed E-state index contributed by atoms with van der Waals surface area (Å²) < 4.78 is 0. The second-order valence-electron chi connectivity index (χ2n) is 11.1. The average molecular weight is 469 g/mol. The predicted molar refractivity (Wildman–Crippen MR) is 125 cm³/mol. The zero-order valence-electron chi connectivity index (χ0n) is 20.6. The van der Waals surface area contributed by atoms with E-state index in [1.54, 1.807) is 13.0 Å². The Hall–Kier alpha value is -2.93. The van der Waals surface area contributed by atoms with E-state index >= 15 is 0 Å². The van der Waals surface area contributed by atoms with E-state index in [9.17, 15) is 34.8 Å². The van der Waals surface area contributed by atoms with Gasteiger partial charge in [-0.05, 0) is 49.3 Å². The summed E-state index contributed by atoms with van der Waals surface area (Å²) in [5.74, 6) is -5.40. The fourth-order valence-corrected chi connectivity index (χ4v) is 7.24. The maximum absolute atomic E-state index is 13.8. The lowest BCUT2D eigenvalue weighted by Crippen LogP contribution is -2.67. The van der Waals surface area contributed by atoms with Crippen LogP contribution in [0.3, 0.4) is 0 Å². The number of allylic oxidation sites excluding steroid dienone is 2. The molecule has 7 heteroatoms. The summed E-state index contributed by atoms with van der Waals surface area (Å²) in [7, 11) is 0. The molecule has 0 radical (unpaired) electrons. The summed E-state index contributed by atoms with van der Waals surface area (Å²) in [5.41, 5.74) is -4.19. The zero-order chi connectivity index (χ0) is 25.7. The van der Waals surface area contributed by atoms with E-state index < -0.39 is 51.0 Å². The molecule has 3 aliphatic rings. The number of aliphatic hydroxyl groups excluding tert-OH is 2. The maximum atomic E-state index is 13.8.